The molecule has 33 heavy (non-hydrogen) atoms. The molecule has 5 nitrogen and oxygen atoms in total. The van der Waals surface area contributed by atoms with Crippen LogP contribution >= 0.6 is 23.1 Å². The van der Waals surface area contributed by atoms with Gasteiger partial charge in [0.1, 0.15) is 5.82 Å². The van der Waals surface area contributed by atoms with Crippen LogP contribution in [0.1, 0.15) is 34.6 Å². The third-order valence-electron chi connectivity index (χ3n) is 6.20. The van der Waals surface area contributed by atoms with E-state index in [1.54, 1.807) is 0 Å². The quantitative estimate of drug-likeness (QED) is 0.394. The summed E-state index contributed by atoms with van der Waals surface area (Å²) in [7, 11) is 0. The van der Waals surface area contributed by atoms with Crippen molar-refractivity contribution >= 4 is 44.9 Å². The zero-order chi connectivity index (χ0) is 22.6. The standard InChI is InChI=1S/C26H25ClN4OS/c27-21-10-8-18(9-11-21)16-24-29-26(33-30-24)31-14-12-19(13-15-31)17-28-25(32)23-7-3-5-20-4-1-2-6-22(20)23/h1-11,19H,12-17H2,(H,28,32). The molecule has 1 amide bonds. The Morgan fingerprint density at radius 3 is 2.61 bits per heavy atom. The van der Waals surface area contributed by atoms with Crippen molar-refractivity contribution < 1.29 is 4.79 Å². The lowest BCUT2D eigenvalue weighted by atomic mass is 9.96. The van der Waals surface area contributed by atoms with Crippen LogP contribution in [0.15, 0.2) is 66.7 Å². The van der Waals surface area contributed by atoms with E-state index in [2.05, 4.69) is 14.6 Å². The van der Waals surface area contributed by atoms with Crippen molar-refractivity contribution in [3.05, 3.63) is 88.7 Å². The Balaban J connectivity index is 1.13. The third-order valence-corrected chi connectivity index (χ3v) is 7.27. The van der Waals surface area contributed by atoms with Gasteiger partial charge in [0, 0.05) is 48.2 Å². The van der Waals surface area contributed by atoms with Crippen LogP contribution in [0.5, 0.6) is 0 Å². The van der Waals surface area contributed by atoms with Crippen molar-refractivity contribution in [3.63, 3.8) is 0 Å². The lowest BCUT2D eigenvalue weighted by molar-refractivity contribution is 0.0946. The summed E-state index contributed by atoms with van der Waals surface area (Å²) in [5.41, 5.74) is 1.90. The van der Waals surface area contributed by atoms with Crippen LogP contribution in [-0.2, 0) is 6.42 Å². The number of nitrogens with one attached hydrogen (secondary N) is 1. The molecule has 1 N–H and O–H groups in total. The van der Waals surface area contributed by atoms with Crippen LogP contribution in [0, 0.1) is 5.92 Å². The molecule has 1 fully saturated rings. The molecule has 7 heteroatoms. The Hall–Kier alpha value is -2.96. The van der Waals surface area contributed by atoms with Crippen LogP contribution in [0.3, 0.4) is 0 Å². The number of rotatable bonds is 6. The highest BCUT2D eigenvalue weighted by Crippen LogP contribution is 2.26. The molecule has 0 spiro atoms. The number of nitrogens with zero attached hydrogens (tertiary/aromatic N) is 3. The van der Waals surface area contributed by atoms with Gasteiger partial charge < -0.3 is 10.2 Å². The Bertz CT molecular complexity index is 1240. The van der Waals surface area contributed by atoms with Gasteiger partial charge in [-0.3, -0.25) is 4.79 Å². The first-order valence-corrected chi connectivity index (χ1v) is 12.4. The molecule has 2 heterocycles. The minimum atomic E-state index is 0.00481. The van der Waals surface area contributed by atoms with Gasteiger partial charge in [0.2, 0.25) is 5.13 Å². The van der Waals surface area contributed by atoms with Crippen LogP contribution in [-0.4, -0.2) is 34.9 Å². The number of anilines is 1. The molecule has 5 rings (SSSR count). The highest BCUT2D eigenvalue weighted by molar-refractivity contribution is 7.09. The minimum Gasteiger partial charge on any atom is -0.352 e. The third kappa shape index (κ3) is 5.18. The van der Waals surface area contributed by atoms with Gasteiger partial charge in [0.25, 0.3) is 5.91 Å². The fraction of sp³-hybridized carbons (Fsp3) is 0.269. The second-order valence-corrected chi connectivity index (χ2v) is 9.63. The molecule has 1 saturated heterocycles. The van der Waals surface area contributed by atoms with Crippen LogP contribution in [0.2, 0.25) is 5.02 Å². The van der Waals surface area contributed by atoms with E-state index < -0.39 is 0 Å². The summed E-state index contributed by atoms with van der Waals surface area (Å²) in [6.45, 7) is 2.57. The summed E-state index contributed by atoms with van der Waals surface area (Å²) >= 11 is 7.43. The molecule has 0 unspecified atom stereocenters. The number of amides is 1. The SMILES string of the molecule is O=C(NCC1CCN(c2nc(Cc3ccc(Cl)cc3)ns2)CC1)c1cccc2ccccc12. The molecule has 0 atom stereocenters. The number of carbonyl (C=O) groups excluding carboxylic acids is 1. The van der Waals surface area contributed by atoms with E-state index in [9.17, 15) is 4.79 Å². The predicted octanol–water partition coefficient (Wildman–Crippen LogP) is 5.58. The summed E-state index contributed by atoms with van der Waals surface area (Å²) in [6, 6.07) is 21.7. The zero-order valence-electron chi connectivity index (χ0n) is 18.2. The molecular formula is C26H25ClN4OS. The molecule has 1 aliphatic rings. The van der Waals surface area contributed by atoms with E-state index in [0.29, 0.717) is 18.9 Å². The molecule has 3 aromatic carbocycles. The lowest BCUT2D eigenvalue weighted by Crippen LogP contribution is -2.38. The normalized spacial score (nSPS) is 14.5. The van der Waals surface area contributed by atoms with Gasteiger partial charge >= 0.3 is 0 Å². The number of hydrogen-bond acceptors (Lipinski definition) is 5. The first-order valence-electron chi connectivity index (χ1n) is 11.2. The summed E-state index contributed by atoms with van der Waals surface area (Å²) in [5.74, 6) is 1.33. The van der Waals surface area contributed by atoms with Crippen LogP contribution < -0.4 is 10.2 Å². The number of benzene rings is 3. The number of fused-ring (bicyclic) bond motifs is 1. The number of piperidine rings is 1. The van der Waals surface area contributed by atoms with E-state index in [4.69, 9.17) is 16.6 Å². The van der Waals surface area contributed by atoms with Gasteiger partial charge in [-0.15, -0.1) is 0 Å². The fourth-order valence-corrected chi connectivity index (χ4v) is 5.18. The fourth-order valence-electron chi connectivity index (χ4n) is 4.31. The van der Waals surface area contributed by atoms with Crippen molar-refractivity contribution in [1.29, 1.82) is 0 Å². The molecule has 0 saturated carbocycles. The van der Waals surface area contributed by atoms with E-state index in [1.165, 1.54) is 11.5 Å². The maximum atomic E-state index is 12.8. The van der Waals surface area contributed by atoms with Gasteiger partial charge in [0.05, 0.1) is 0 Å². The van der Waals surface area contributed by atoms with E-state index in [1.807, 2.05) is 66.7 Å². The van der Waals surface area contributed by atoms with Gasteiger partial charge in [-0.25, -0.2) is 4.98 Å². The summed E-state index contributed by atoms with van der Waals surface area (Å²) in [4.78, 5) is 19.9. The van der Waals surface area contributed by atoms with E-state index >= 15 is 0 Å². The largest absolute Gasteiger partial charge is 0.352 e. The monoisotopic (exact) mass is 476 g/mol. The Kier molecular flexibility index (Phi) is 6.55. The number of carbonyl (C=O) groups is 1. The minimum absolute atomic E-state index is 0.00481. The maximum absolute atomic E-state index is 12.8. The maximum Gasteiger partial charge on any atom is 0.251 e. The highest BCUT2D eigenvalue weighted by atomic mass is 35.5. The molecule has 1 aromatic heterocycles. The van der Waals surface area contributed by atoms with Gasteiger partial charge in [0.15, 0.2) is 0 Å². The summed E-state index contributed by atoms with van der Waals surface area (Å²) in [5, 5.41) is 6.97. The van der Waals surface area contributed by atoms with Gasteiger partial charge in [-0.1, -0.05) is 60.1 Å². The summed E-state index contributed by atoms with van der Waals surface area (Å²) in [6.07, 6.45) is 2.77. The topological polar surface area (TPSA) is 58.1 Å². The smallest absolute Gasteiger partial charge is 0.251 e. The average Bonchev–Trinajstić information content (AvgIpc) is 3.32. The Morgan fingerprint density at radius 1 is 1.03 bits per heavy atom. The highest BCUT2D eigenvalue weighted by Gasteiger charge is 2.22. The van der Waals surface area contributed by atoms with Gasteiger partial charge in [-0.2, -0.15) is 4.37 Å². The predicted molar refractivity (Wildman–Crippen MR) is 135 cm³/mol. The van der Waals surface area contributed by atoms with Crippen molar-refractivity contribution in [1.82, 2.24) is 14.7 Å². The second-order valence-electron chi connectivity index (χ2n) is 8.46. The lowest BCUT2D eigenvalue weighted by Gasteiger charge is -2.31. The molecule has 4 aromatic rings. The molecule has 0 radical (unpaired) electrons. The first-order chi connectivity index (χ1) is 16.2. The van der Waals surface area contributed by atoms with E-state index in [-0.39, 0.29) is 5.91 Å². The molecule has 0 aliphatic carbocycles. The number of halogens is 1. The van der Waals surface area contributed by atoms with Crippen LogP contribution in [0.25, 0.3) is 10.8 Å². The molecular weight excluding hydrogens is 452 g/mol. The molecule has 0 bridgehead atoms. The average molecular weight is 477 g/mol. The Labute approximate surface area is 202 Å². The first kappa shape index (κ1) is 21.9. The second kappa shape index (κ2) is 9.89. The number of aromatic nitrogens is 2. The van der Waals surface area contributed by atoms with Crippen molar-refractivity contribution in [2.75, 3.05) is 24.5 Å². The van der Waals surface area contributed by atoms with Gasteiger partial charge in [-0.05, 0) is 53.3 Å². The summed E-state index contributed by atoms with van der Waals surface area (Å²) < 4.78 is 4.54. The van der Waals surface area contributed by atoms with Crippen LogP contribution in [0.4, 0.5) is 5.13 Å². The van der Waals surface area contributed by atoms with Crippen molar-refractivity contribution in [2.24, 2.45) is 5.92 Å². The molecule has 1 aliphatic heterocycles. The Morgan fingerprint density at radius 2 is 1.79 bits per heavy atom. The van der Waals surface area contributed by atoms with Crippen molar-refractivity contribution in [2.45, 2.75) is 19.3 Å². The van der Waals surface area contributed by atoms with E-state index in [0.717, 1.165) is 63.8 Å². The van der Waals surface area contributed by atoms with Crippen molar-refractivity contribution in [3.8, 4) is 0 Å². The molecule has 168 valence electrons. The number of hydrogen-bond donors (Lipinski definition) is 1. The zero-order valence-corrected chi connectivity index (χ0v) is 19.8.